The number of nitrogens with one attached hydrogen (secondary N) is 1. The van der Waals surface area contributed by atoms with Crippen molar-refractivity contribution in [2.45, 2.75) is 43.4 Å². The van der Waals surface area contributed by atoms with Crippen LogP contribution in [-0.2, 0) is 12.2 Å². The van der Waals surface area contributed by atoms with E-state index in [1.807, 2.05) is 0 Å². The standard InChI is InChI=1S/C15H20FN3OS/c1-3-8-17-11(2)9-15-18-14(19-20-15)10-21-13-6-4-12(16)5-7-13/h4-7,11,17H,3,8-10H2,1-2H3. The van der Waals surface area contributed by atoms with Crippen LogP contribution in [0.25, 0.3) is 0 Å². The van der Waals surface area contributed by atoms with Crippen LogP contribution in [0.2, 0.25) is 0 Å². The highest BCUT2D eigenvalue weighted by molar-refractivity contribution is 7.98. The van der Waals surface area contributed by atoms with Gasteiger partial charge in [0.2, 0.25) is 5.89 Å². The second kappa shape index (κ2) is 8.14. The summed E-state index contributed by atoms with van der Waals surface area (Å²) in [5, 5.41) is 7.36. The van der Waals surface area contributed by atoms with Crippen molar-refractivity contribution < 1.29 is 8.91 Å². The monoisotopic (exact) mass is 309 g/mol. The molecule has 0 spiro atoms. The van der Waals surface area contributed by atoms with Gasteiger partial charge in [-0.15, -0.1) is 11.8 Å². The lowest BCUT2D eigenvalue weighted by Gasteiger charge is -2.09. The number of hydrogen-bond acceptors (Lipinski definition) is 5. The fraction of sp³-hybridized carbons (Fsp3) is 0.467. The summed E-state index contributed by atoms with van der Waals surface area (Å²) in [6.45, 7) is 5.23. The van der Waals surface area contributed by atoms with Crippen molar-refractivity contribution in [1.82, 2.24) is 15.5 Å². The Labute approximate surface area is 128 Å². The molecule has 0 saturated heterocycles. The first kappa shape index (κ1) is 16.0. The first-order chi connectivity index (χ1) is 10.2. The van der Waals surface area contributed by atoms with E-state index in [-0.39, 0.29) is 5.82 Å². The smallest absolute Gasteiger partial charge is 0.228 e. The second-order valence-corrected chi connectivity index (χ2v) is 5.95. The Balaban J connectivity index is 1.81. The highest BCUT2D eigenvalue weighted by atomic mass is 32.2. The molecule has 21 heavy (non-hydrogen) atoms. The third-order valence-electron chi connectivity index (χ3n) is 2.92. The summed E-state index contributed by atoms with van der Waals surface area (Å²) in [6, 6.07) is 6.72. The normalized spacial score (nSPS) is 12.5. The Bertz CT molecular complexity index is 544. The third kappa shape index (κ3) is 5.47. The lowest BCUT2D eigenvalue weighted by atomic mass is 10.2. The first-order valence-electron chi connectivity index (χ1n) is 7.10. The lowest BCUT2D eigenvalue weighted by molar-refractivity contribution is 0.358. The van der Waals surface area contributed by atoms with Gasteiger partial charge in [0.25, 0.3) is 0 Å². The van der Waals surface area contributed by atoms with Crippen molar-refractivity contribution >= 4 is 11.8 Å². The van der Waals surface area contributed by atoms with Crippen molar-refractivity contribution in [2.24, 2.45) is 0 Å². The molecule has 1 aromatic heterocycles. The van der Waals surface area contributed by atoms with E-state index in [4.69, 9.17) is 4.52 Å². The average Bonchev–Trinajstić information content (AvgIpc) is 2.92. The molecule has 1 aromatic carbocycles. The predicted octanol–water partition coefficient (Wildman–Crippen LogP) is 3.43. The highest BCUT2D eigenvalue weighted by Crippen LogP contribution is 2.21. The molecular formula is C15H20FN3OS. The molecule has 2 aromatic rings. The molecule has 1 atom stereocenters. The van der Waals surface area contributed by atoms with Gasteiger partial charge in [0.1, 0.15) is 5.82 Å². The molecule has 1 unspecified atom stereocenters. The van der Waals surface area contributed by atoms with Crippen molar-refractivity contribution in [2.75, 3.05) is 6.54 Å². The molecule has 2 rings (SSSR count). The molecule has 0 radical (unpaired) electrons. The number of hydrogen-bond donors (Lipinski definition) is 1. The van der Waals surface area contributed by atoms with Gasteiger partial charge in [-0.2, -0.15) is 4.98 Å². The maximum Gasteiger partial charge on any atom is 0.228 e. The van der Waals surface area contributed by atoms with Gasteiger partial charge in [0, 0.05) is 17.4 Å². The van der Waals surface area contributed by atoms with Gasteiger partial charge < -0.3 is 9.84 Å². The van der Waals surface area contributed by atoms with E-state index in [1.165, 1.54) is 12.1 Å². The molecule has 0 aliphatic heterocycles. The summed E-state index contributed by atoms with van der Waals surface area (Å²) >= 11 is 1.56. The molecule has 0 amide bonds. The molecule has 4 nitrogen and oxygen atoms in total. The zero-order valence-electron chi connectivity index (χ0n) is 12.3. The largest absolute Gasteiger partial charge is 0.339 e. The Hall–Kier alpha value is -1.40. The van der Waals surface area contributed by atoms with E-state index < -0.39 is 0 Å². The number of rotatable bonds is 8. The quantitative estimate of drug-likeness (QED) is 0.757. The Morgan fingerprint density at radius 3 is 2.81 bits per heavy atom. The number of thioether (sulfide) groups is 1. The van der Waals surface area contributed by atoms with E-state index in [0.717, 1.165) is 24.3 Å². The summed E-state index contributed by atoms with van der Waals surface area (Å²) in [5.74, 6) is 1.71. The Morgan fingerprint density at radius 2 is 2.10 bits per heavy atom. The van der Waals surface area contributed by atoms with E-state index >= 15 is 0 Å². The van der Waals surface area contributed by atoms with Crippen molar-refractivity contribution in [3.8, 4) is 0 Å². The van der Waals surface area contributed by atoms with Gasteiger partial charge in [0.05, 0.1) is 5.75 Å². The molecule has 0 fully saturated rings. The van der Waals surface area contributed by atoms with Crippen LogP contribution in [0.3, 0.4) is 0 Å². The maximum absolute atomic E-state index is 12.8. The fourth-order valence-electron chi connectivity index (χ4n) is 1.84. The molecule has 1 heterocycles. The zero-order chi connectivity index (χ0) is 15.1. The second-order valence-electron chi connectivity index (χ2n) is 4.91. The van der Waals surface area contributed by atoms with E-state index in [9.17, 15) is 4.39 Å². The molecule has 114 valence electrons. The summed E-state index contributed by atoms with van der Waals surface area (Å²) in [7, 11) is 0. The van der Waals surface area contributed by atoms with Gasteiger partial charge in [-0.3, -0.25) is 0 Å². The minimum atomic E-state index is -0.227. The summed E-state index contributed by atoms with van der Waals surface area (Å²) in [4.78, 5) is 5.37. The zero-order valence-corrected chi connectivity index (χ0v) is 13.1. The van der Waals surface area contributed by atoms with Crippen LogP contribution in [-0.4, -0.2) is 22.7 Å². The van der Waals surface area contributed by atoms with Gasteiger partial charge in [-0.1, -0.05) is 12.1 Å². The number of halogens is 1. The minimum absolute atomic E-state index is 0.227. The molecule has 0 saturated carbocycles. The fourth-order valence-corrected chi connectivity index (χ4v) is 2.58. The third-order valence-corrected chi connectivity index (χ3v) is 3.92. The van der Waals surface area contributed by atoms with Gasteiger partial charge in [0.15, 0.2) is 5.82 Å². The van der Waals surface area contributed by atoms with Crippen LogP contribution in [0.15, 0.2) is 33.7 Å². The molecular weight excluding hydrogens is 289 g/mol. The molecule has 0 bridgehead atoms. The number of aromatic nitrogens is 2. The van der Waals surface area contributed by atoms with Crippen LogP contribution < -0.4 is 5.32 Å². The highest BCUT2D eigenvalue weighted by Gasteiger charge is 2.10. The molecule has 0 aliphatic carbocycles. The first-order valence-corrected chi connectivity index (χ1v) is 8.09. The van der Waals surface area contributed by atoms with E-state index in [0.29, 0.717) is 23.5 Å². The predicted molar refractivity (Wildman–Crippen MR) is 81.7 cm³/mol. The lowest BCUT2D eigenvalue weighted by Crippen LogP contribution is -2.28. The van der Waals surface area contributed by atoms with Gasteiger partial charge in [-0.05, 0) is 44.2 Å². The molecule has 0 aliphatic rings. The van der Waals surface area contributed by atoms with Crippen LogP contribution in [0.5, 0.6) is 0 Å². The van der Waals surface area contributed by atoms with Crippen LogP contribution in [0.1, 0.15) is 32.0 Å². The number of nitrogens with zero attached hydrogens (tertiary/aromatic N) is 2. The van der Waals surface area contributed by atoms with E-state index in [2.05, 4.69) is 29.3 Å². The van der Waals surface area contributed by atoms with Gasteiger partial charge in [-0.25, -0.2) is 4.39 Å². The minimum Gasteiger partial charge on any atom is -0.339 e. The molecule has 6 heteroatoms. The molecule has 1 N–H and O–H groups in total. The van der Waals surface area contributed by atoms with Crippen LogP contribution >= 0.6 is 11.8 Å². The maximum atomic E-state index is 12.8. The summed E-state index contributed by atoms with van der Waals surface area (Å²) in [5.41, 5.74) is 0. The number of benzene rings is 1. The summed E-state index contributed by atoms with van der Waals surface area (Å²) in [6.07, 6.45) is 1.84. The van der Waals surface area contributed by atoms with Crippen LogP contribution in [0, 0.1) is 5.82 Å². The topological polar surface area (TPSA) is 51.0 Å². The van der Waals surface area contributed by atoms with Crippen molar-refractivity contribution in [3.05, 3.63) is 41.8 Å². The average molecular weight is 309 g/mol. The van der Waals surface area contributed by atoms with Gasteiger partial charge >= 0.3 is 0 Å². The van der Waals surface area contributed by atoms with E-state index in [1.54, 1.807) is 23.9 Å². The Morgan fingerprint density at radius 1 is 1.33 bits per heavy atom. The van der Waals surface area contributed by atoms with Crippen molar-refractivity contribution in [3.63, 3.8) is 0 Å². The van der Waals surface area contributed by atoms with Crippen molar-refractivity contribution in [1.29, 1.82) is 0 Å². The SMILES string of the molecule is CCCNC(C)Cc1nc(CSc2ccc(F)cc2)no1. The summed E-state index contributed by atoms with van der Waals surface area (Å²) < 4.78 is 18.1. The van der Waals surface area contributed by atoms with Crippen LogP contribution in [0.4, 0.5) is 4.39 Å². The Kier molecular flexibility index (Phi) is 6.20.